The van der Waals surface area contributed by atoms with Crippen molar-refractivity contribution in [1.82, 2.24) is 10.3 Å². The predicted octanol–water partition coefficient (Wildman–Crippen LogP) is 3.04. The molecule has 0 fully saturated rings. The van der Waals surface area contributed by atoms with Gasteiger partial charge in [0.2, 0.25) is 0 Å². The van der Waals surface area contributed by atoms with Gasteiger partial charge in [0.05, 0.1) is 5.02 Å². The molecule has 1 atom stereocenters. The minimum absolute atomic E-state index is 0.112. The summed E-state index contributed by atoms with van der Waals surface area (Å²) in [5.74, 6) is 1.45. The lowest BCUT2D eigenvalue weighted by molar-refractivity contribution is 0.0935. The number of carbonyl (C=O) groups is 1. The quantitative estimate of drug-likeness (QED) is 0.813. The maximum atomic E-state index is 12.1. The zero-order valence-electron chi connectivity index (χ0n) is 11.5. The van der Waals surface area contributed by atoms with Crippen LogP contribution >= 0.6 is 23.4 Å². The predicted molar refractivity (Wildman–Crippen MR) is 83.3 cm³/mol. The van der Waals surface area contributed by atoms with E-state index in [1.807, 2.05) is 20.1 Å². The van der Waals surface area contributed by atoms with Crippen LogP contribution in [0.4, 0.5) is 5.82 Å². The number of aromatic nitrogens is 1. The van der Waals surface area contributed by atoms with Crippen molar-refractivity contribution in [3.8, 4) is 0 Å². The van der Waals surface area contributed by atoms with E-state index < -0.39 is 0 Å². The fourth-order valence-corrected chi connectivity index (χ4v) is 2.32. The minimum Gasteiger partial charge on any atom is -0.370 e. The van der Waals surface area contributed by atoms with E-state index in [4.69, 9.17) is 11.6 Å². The summed E-state index contributed by atoms with van der Waals surface area (Å²) >= 11 is 7.79. The van der Waals surface area contributed by atoms with Crippen molar-refractivity contribution < 1.29 is 4.79 Å². The summed E-state index contributed by atoms with van der Waals surface area (Å²) in [5, 5.41) is 6.35. The first-order valence-electron chi connectivity index (χ1n) is 6.28. The minimum atomic E-state index is -0.224. The summed E-state index contributed by atoms with van der Waals surface area (Å²) in [6, 6.07) is 3.56. The Morgan fingerprint density at radius 3 is 2.89 bits per heavy atom. The second-order valence-electron chi connectivity index (χ2n) is 4.21. The Kier molecular flexibility index (Phi) is 7.02. The SMILES string of the molecule is CCNc1ccc(Cl)c(C(=O)NC(C)CCSC)n1. The van der Waals surface area contributed by atoms with E-state index in [2.05, 4.69) is 15.6 Å². The first kappa shape index (κ1) is 16.1. The molecule has 19 heavy (non-hydrogen) atoms. The van der Waals surface area contributed by atoms with Crippen molar-refractivity contribution in [3.63, 3.8) is 0 Å². The zero-order chi connectivity index (χ0) is 14.3. The highest BCUT2D eigenvalue weighted by Crippen LogP contribution is 2.17. The second kappa shape index (κ2) is 8.27. The van der Waals surface area contributed by atoms with E-state index in [9.17, 15) is 4.79 Å². The molecular formula is C13H20ClN3OS. The van der Waals surface area contributed by atoms with Gasteiger partial charge in [0.25, 0.3) is 5.91 Å². The van der Waals surface area contributed by atoms with Crippen molar-refractivity contribution in [2.45, 2.75) is 26.3 Å². The number of nitrogens with zero attached hydrogens (tertiary/aromatic N) is 1. The monoisotopic (exact) mass is 301 g/mol. The standard InChI is InChI=1S/C13H20ClN3OS/c1-4-15-11-6-5-10(14)12(17-11)13(18)16-9(2)7-8-19-3/h5-6,9H,4,7-8H2,1-3H3,(H,15,17)(H,16,18). The van der Waals surface area contributed by atoms with Gasteiger partial charge in [-0.25, -0.2) is 4.98 Å². The van der Waals surface area contributed by atoms with Crippen molar-refractivity contribution in [1.29, 1.82) is 0 Å². The molecule has 0 aliphatic heterocycles. The molecule has 0 aliphatic rings. The molecule has 6 heteroatoms. The van der Waals surface area contributed by atoms with Gasteiger partial charge in [-0.15, -0.1) is 0 Å². The molecule has 0 aromatic carbocycles. The average molecular weight is 302 g/mol. The Bertz CT molecular complexity index is 428. The number of carbonyl (C=O) groups excluding carboxylic acids is 1. The highest BCUT2D eigenvalue weighted by molar-refractivity contribution is 7.98. The van der Waals surface area contributed by atoms with Gasteiger partial charge in [-0.3, -0.25) is 4.79 Å². The van der Waals surface area contributed by atoms with E-state index >= 15 is 0 Å². The molecule has 0 bridgehead atoms. The van der Waals surface area contributed by atoms with E-state index in [0.29, 0.717) is 10.8 Å². The normalized spacial score (nSPS) is 12.0. The molecule has 1 aromatic heterocycles. The molecule has 0 aliphatic carbocycles. The Hall–Kier alpha value is -0.940. The van der Waals surface area contributed by atoms with E-state index in [1.54, 1.807) is 23.9 Å². The van der Waals surface area contributed by atoms with Crippen LogP contribution in [0.2, 0.25) is 5.02 Å². The molecule has 1 rings (SSSR count). The van der Waals surface area contributed by atoms with Crippen LogP contribution in [-0.2, 0) is 0 Å². The fraction of sp³-hybridized carbons (Fsp3) is 0.538. The highest BCUT2D eigenvalue weighted by atomic mass is 35.5. The topological polar surface area (TPSA) is 54.0 Å². The van der Waals surface area contributed by atoms with Gasteiger partial charge in [0.15, 0.2) is 0 Å². The first-order valence-corrected chi connectivity index (χ1v) is 8.05. The number of amides is 1. The third-order valence-corrected chi connectivity index (χ3v) is 3.50. The van der Waals surface area contributed by atoms with Gasteiger partial charge in [0, 0.05) is 12.6 Å². The summed E-state index contributed by atoms with van der Waals surface area (Å²) in [6.45, 7) is 4.70. The third-order valence-electron chi connectivity index (χ3n) is 2.55. The van der Waals surface area contributed by atoms with Gasteiger partial charge >= 0.3 is 0 Å². The van der Waals surface area contributed by atoms with Crippen molar-refractivity contribution in [2.75, 3.05) is 23.9 Å². The lowest BCUT2D eigenvalue weighted by Crippen LogP contribution is -2.33. The first-order chi connectivity index (χ1) is 9.08. The van der Waals surface area contributed by atoms with Crippen LogP contribution in [0.1, 0.15) is 30.8 Å². The van der Waals surface area contributed by atoms with Crippen LogP contribution in [-0.4, -0.2) is 35.5 Å². The van der Waals surface area contributed by atoms with E-state index in [-0.39, 0.29) is 17.6 Å². The van der Waals surface area contributed by atoms with Crippen LogP contribution in [0.3, 0.4) is 0 Å². The number of halogens is 1. The average Bonchev–Trinajstić information content (AvgIpc) is 2.38. The van der Waals surface area contributed by atoms with Gasteiger partial charge in [-0.05, 0) is 44.4 Å². The fourth-order valence-electron chi connectivity index (χ4n) is 1.54. The molecule has 0 saturated carbocycles. The summed E-state index contributed by atoms with van der Waals surface area (Å²) in [6.07, 6.45) is 2.98. The molecular weight excluding hydrogens is 282 g/mol. The molecule has 0 radical (unpaired) electrons. The molecule has 106 valence electrons. The smallest absolute Gasteiger partial charge is 0.271 e. The van der Waals surface area contributed by atoms with E-state index in [1.165, 1.54) is 0 Å². The Morgan fingerprint density at radius 1 is 1.53 bits per heavy atom. The molecule has 1 heterocycles. The van der Waals surface area contributed by atoms with E-state index in [0.717, 1.165) is 18.7 Å². The summed E-state index contributed by atoms with van der Waals surface area (Å²) in [7, 11) is 0. The maximum absolute atomic E-state index is 12.1. The number of hydrogen-bond acceptors (Lipinski definition) is 4. The van der Waals surface area contributed by atoms with Crippen molar-refractivity contribution >= 4 is 35.1 Å². The maximum Gasteiger partial charge on any atom is 0.271 e. The number of nitrogens with one attached hydrogen (secondary N) is 2. The summed E-state index contributed by atoms with van der Waals surface area (Å²) in [5.41, 5.74) is 0.274. The molecule has 0 spiro atoms. The molecule has 1 aromatic rings. The van der Waals surface area contributed by atoms with Crippen LogP contribution in [0, 0.1) is 0 Å². The van der Waals surface area contributed by atoms with Gasteiger partial charge in [-0.2, -0.15) is 11.8 Å². The number of rotatable bonds is 7. The zero-order valence-corrected chi connectivity index (χ0v) is 13.1. The molecule has 2 N–H and O–H groups in total. The molecule has 4 nitrogen and oxygen atoms in total. The Morgan fingerprint density at radius 2 is 2.26 bits per heavy atom. The Balaban J connectivity index is 2.72. The lowest BCUT2D eigenvalue weighted by atomic mass is 10.2. The van der Waals surface area contributed by atoms with Crippen molar-refractivity contribution in [3.05, 3.63) is 22.8 Å². The Labute approximate surface area is 123 Å². The number of pyridine rings is 1. The summed E-state index contributed by atoms with van der Waals surface area (Å²) in [4.78, 5) is 16.3. The largest absolute Gasteiger partial charge is 0.370 e. The van der Waals surface area contributed by atoms with Gasteiger partial charge in [-0.1, -0.05) is 11.6 Å². The van der Waals surface area contributed by atoms with Crippen molar-refractivity contribution in [2.24, 2.45) is 0 Å². The lowest BCUT2D eigenvalue weighted by Gasteiger charge is -2.14. The third kappa shape index (κ3) is 5.28. The molecule has 1 unspecified atom stereocenters. The molecule has 1 amide bonds. The molecule has 0 saturated heterocycles. The van der Waals surface area contributed by atoms with Crippen LogP contribution < -0.4 is 10.6 Å². The second-order valence-corrected chi connectivity index (χ2v) is 5.61. The highest BCUT2D eigenvalue weighted by Gasteiger charge is 2.15. The van der Waals surface area contributed by atoms with Crippen LogP contribution in [0.5, 0.6) is 0 Å². The van der Waals surface area contributed by atoms with Gasteiger partial charge < -0.3 is 10.6 Å². The number of thioether (sulfide) groups is 1. The van der Waals surface area contributed by atoms with Gasteiger partial charge in [0.1, 0.15) is 11.5 Å². The number of anilines is 1. The van der Waals surface area contributed by atoms with Crippen LogP contribution in [0.25, 0.3) is 0 Å². The number of hydrogen-bond donors (Lipinski definition) is 2. The summed E-state index contributed by atoms with van der Waals surface area (Å²) < 4.78 is 0. The van der Waals surface area contributed by atoms with Crippen LogP contribution in [0.15, 0.2) is 12.1 Å².